The van der Waals surface area contributed by atoms with Crippen LogP contribution in [0.3, 0.4) is 0 Å². The third-order valence-corrected chi connectivity index (χ3v) is 5.78. The van der Waals surface area contributed by atoms with E-state index in [4.69, 9.17) is 4.74 Å². The number of carboxylic acid groups (broad SMARTS) is 1. The van der Waals surface area contributed by atoms with Gasteiger partial charge in [0, 0.05) is 25.9 Å². The Morgan fingerprint density at radius 2 is 1.88 bits per heavy atom. The molecule has 0 aromatic heterocycles. The van der Waals surface area contributed by atoms with Crippen molar-refractivity contribution < 1.29 is 19.4 Å². The Kier molecular flexibility index (Phi) is 5.63. The van der Waals surface area contributed by atoms with Crippen LogP contribution in [0.1, 0.15) is 44.6 Å². The topological polar surface area (TPSA) is 70.1 Å². The molecule has 6 heteroatoms. The summed E-state index contributed by atoms with van der Waals surface area (Å²) in [6.07, 6.45) is 1.94. The Bertz CT molecular complexity index is 640. The van der Waals surface area contributed by atoms with Crippen molar-refractivity contribution in [2.45, 2.75) is 50.8 Å². The molecule has 2 saturated heterocycles. The van der Waals surface area contributed by atoms with Crippen LogP contribution in [0, 0.1) is 0 Å². The van der Waals surface area contributed by atoms with E-state index < -0.39 is 17.7 Å². The largest absolute Gasteiger partial charge is 0.480 e. The van der Waals surface area contributed by atoms with Gasteiger partial charge in [0.1, 0.15) is 5.72 Å². The number of amides is 1. The second-order valence-electron chi connectivity index (χ2n) is 7.13. The van der Waals surface area contributed by atoms with Crippen LogP contribution >= 0.6 is 0 Å². The van der Waals surface area contributed by atoms with Gasteiger partial charge in [0.2, 0.25) is 5.91 Å². The van der Waals surface area contributed by atoms with E-state index in [0.717, 1.165) is 25.2 Å². The molecule has 26 heavy (non-hydrogen) atoms. The van der Waals surface area contributed by atoms with Gasteiger partial charge in [-0.15, -0.1) is 0 Å². The Labute approximate surface area is 154 Å². The molecule has 0 aliphatic carbocycles. The van der Waals surface area contributed by atoms with Crippen LogP contribution in [0.25, 0.3) is 0 Å². The molecule has 2 aliphatic rings. The number of benzene rings is 1. The Morgan fingerprint density at radius 3 is 2.42 bits per heavy atom. The molecule has 2 atom stereocenters. The van der Waals surface area contributed by atoms with Gasteiger partial charge in [0.05, 0.1) is 12.5 Å². The fraction of sp³-hybridized carbons (Fsp3) is 0.600. The summed E-state index contributed by atoms with van der Waals surface area (Å²) >= 11 is 0. The van der Waals surface area contributed by atoms with Crippen molar-refractivity contribution in [3.63, 3.8) is 0 Å². The average Bonchev–Trinajstić information content (AvgIpc) is 3.03. The summed E-state index contributed by atoms with van der Waals surface area (Å²) < 4.78 is 6.01. The van der Waals surface area contributed by atoms with Crippen molar-refractivity contribution in [1.29, 1.82) is 0 Å². The number of ether oxygens (including phenoxy) is 1. The Morgan fingerprint density at radius 1 is 1.23 bits per heavy atom. The van der Waals surface area contributed by atoms with E-state index in [-0.39, 0.29) is 18.4 Å². The number of likely N-dealkylation sites (tertiary alicyclic amines) is 1. The van der Waals surface area contributed by atoms with Crippen LogP contribution in [0.15, 0.2) is 30.3 Å². The minimum atomic E-state index is -0.990. The molecule has 2 aliphatic heterocycles. The van der Waals surface area contributed by atoms with Crippen LogP contribution in [-0.2, 0) is 14.3 Å². The number of carbonyl (C=O) groups excluding carboxylic acids is 1. The summed E-state index contributed by atoms with van der Waals surface area (Å²) in [6, 6.07) is 8.71. The van der Waals surface area contributed by atoms with E-state index in [1.54, 1.807) is 4.90 Å². The van der Waals surface area contributed by atoms with Gasteiger partial charge in [0.15, 0.2) is 6.04 Å². The number of carbonyl (C=O) groups is 2. The monoisotopic (exact) mass is 360 g/mol. The predicted molar refractivity (Wildman–Crippen MR) is 97.8 cm³/mol. The summed E-state index contributed by atoms with van der Waals surface area (Å²) in [5.41, 5.74) is 0.144. The van der Waals surface area contributed by atoms with Crippen molar-refractivity contribution in [2.24, 2.45) is 0 Å². The van der Waals surface area contributed by atoms with E-state index in [1.807, 2.05) is 37.3 Å². The van der Waals surface area contributed by atoms with Crippen molar-refractivity contribution in [3.8, 4) is 0 Å². The molecule has 2 heterocycles. The molecule has 3 rings (SSSR count). The normalized spacial score (nSPS) is 23.9. The SMILES string of the molecule is CC[C@H](C(=O)N1[C@@H](C(=O)O)COC12CCN(CC)CC2)c1ccccc1. The lowest BCUT2D eigenvalue weighted by Gasteiger charge is -2.45. The van der Waals surface area contributed by atoms with Gasteiger partial charge in [0.25, 0.3) is 0 Å². The number of hydrogen-bond donors (Lipinski definition) is 1. The van der Waals surface area contributed by atoms with E-state index in [2.05, 4.69) is 11.8 Å². The summed E-state index contributed by atoms with van der Waals surface area (Å²) in [5, 5.41) is 9.69. The highest BCUT2D eigenvalue weighted by atomic mass is 16.5. The Balaban J connectivity index is 1.91. The van der Waals surface area contributed by atoms with Crippen molar-refractivity contribution in [2.75, 3.05) is 26.2 Å². The van der Waals surface area contributed by atoms with Crippen molar-refractivity contribution >= 4 is 11.9 Å². The quantitative estimate of drug-likeness (QED) is 0.873. The molecular weight excluding hydrogens is 332 g/mol. The molecule has 1 amide bonds. The van der Waals surface area contributed by atoms with E-state index in [0.29, 0.717) is 19.3 Å². The van der Waals surface area contributed by atoms with Crippen LogP contribution in [0.5, 0.6) is 0 Å². The molecule has 2 fully saturated rings. The molecule has 1 spiro atoms. The van der Waals surface area contributed by atoms with Gasteiger partial charge in [-0.05, 0) is 18.5 Å². The van der Waals surface area contributed by atoms with Gasteiger partial charge >= 0.3 is 5.97 Å². The van der Waals surface area contributed by atoms with E-state index in [1.165, 1.54) is 0 Å². The molecular formula is C20H28N2O4. The zero-order chi connectivity index (χ0) is 18.7. The summed E-state index contributed by atoms with van der Waals surface area (Å²) in [7, 11) is 0. The van der Waals surface area contributed by atoms with Crippen LogP contribution in [0.4, 0.5) is 0 Å². The second kappa shape index (κ2) is 7.76. The molecule has 0 saturated carbocycles. The van der Waals surface area contributed by atoms with Crippen LogP contribution in [0.2, 0.25) is 0 Å². The van der Waals surface area contributed by atoms with Gasteiger partial charge in [-0.1, -0.05) is 44.2 Å². The lowest BCUT2D eigenvalue weighted by atomic mass is 9.91. The zero-order valence-electron chi connectivity index (χ0n) is 15.6. The van der Waals surface area contributed by atoms with E-state index in [9.17, 15) is 14.7 Å². The Hall–Kier alpha value is -1.92. The van der Waals surface area contributed by atoms with Crippen molar-refractivity contribution in [1.82, 2.24) is 9.80 Å². The third kappa shape index (κ3) is 3.35. The minimum Gasteiger partial charge on any atom is -0.480 e. The molecule has 0 radical (unpaired) electrons. The average molecular weight is 360 g/mol. The first kappa shape index (κ1) is 18.9. The number of carboxylic acids is 1. The molecule has 6 nitrogen and oxygen atoms in total. The molecule has 1 aromatic carbocycles. The van der Waals surface area contributed by atoms with Crippen LogP contribution < -0.4 is 0 Å². The van der Waals surface area contributed by atoms with E-state index >= 15 is 0 Å². The first-order chi connectivity index (χ1) is 12.5. The molecule has 142 valence electrons. The fourth-order valence-corrected chi connectivity index (χ4v) is 4.21. The summed E-state index contributed by atoms with van der Waals surface area (Å²) in [5.74, 6) is -1.47. The number of rotatable bonds is 5. The number of nitrogens with zero attached hydrogens (tertiary/aromatic N) is 2. The highest BCUT2D eigenvalue weighted by Crippen LogP contribution is 2.40. The number of piperidine rings is 1. The van der Waals surface area contributed by atoms with Gasteiger partial charge in [-0.3, -0.25) is 9.69 Å². The summed E-state index contributed by atoms with van der Waals surface area (Å²) in [6.45, 7) is 6.73. The first-order valence-electron chi connectivity index (χ1n) is 9.49. The zero-order valence-corrected chi connectivity index (χ0v) is 15.6. The first-order valence-corrected chi connectivity index (χ1v) is 9.49. The second-order valence-corrected chi connectivity index (χ2v) is 7.13. The highest BCUT2D eigenvalue weighted by Gasteiger charge is 2.54. The van der Waals surface area contributed by atoms with Crippen LogP contribution in [-0.4, -0.2) is 64.8 Å². The number of aliphatic carboxylic acids is 1. The maximum Gasteiger partial charge on any atom is 0.328 e. The molecule has 1 N–H and O–H groups in total. The molecule has 1 aromatic rings. The van der Waals surface area contributed by atoms with Gasteiger partial charge in [-0.25, -0.2) is 4.79 Å². The predicted octanol–water partition coefficient (Wildman–Crippen LogP) is 2.30. The van der Waals surface area contributed by atoms with Crippen molar-refractivity contribution in [3.05, 3.63) is 35.9 Å². The fourth-order valence-electron chi connectivity index (χ4n) is 4.21. The minimum absolute atomic E-state index is 0.0679. The summed E-state index contributed by atoms with van der Waals surface area (Å²) in [4.78, 5) is 29.2. The lowest BCUT2D eigenvalue weighted by molar-refractivity contribution is -0.167. The molecule has 0 unspecified atom stereocenters. The highest BCUT2D eigenvalue weighted by molar-refractivity contribution is 5.89. The number of hydrogen-bond acceptors (Lipinski definition) is 4. The van der Waals surface area contributed by atoms with Gasteiger partial charge < -0.3 is 14.7 Å². The maximum atomic E-state index is 13.5. The molecule has 0 bridgehead atoms. The lowest BCUT2D eigenvalue weighted by Crippen LogP contribution is -2.59. The standard InChI is InChI=1S/C20H28N2O4/c1-3-16(15-8-6-5-7-9-15)18(23)22-17(19(24)25)14-26-20(22)10-12-21(4-2)13-11-20/h5-9,16-17H,3-4,10-14H2,1-2H3,(H,24,25)/t16-,17+/m0/s1. The maximum absolute atomic E-state index is 13.5. The van der Waals surface area contributed by atoms with Gasteiger partial charge in [-0.2, -0.15) is 0 Å². The third-order valence-electron chi connectivity index (χ3n) is 5.78. The smallest absolute Gasteiger partial charge is 0.328 e.